The largest absolute Gasteiger partial charge is 0.302 e. The van der Waals surface area contributed by atoms with Crippen molar-refractivity contribution in [3.63, 3.8) is 0 Å². The lowest BCUT2D eigenvalue weighted by molar-refractivity contribution is 0.190. The van der Waals surface area contributed by atoms with Gasteiger partial charge in [0.05, 0.1) is 4.91 Å². The molecule has 0 aromatic carbocycles. The number of piperidine rings is 1. The van der Waals surface area contributed by atoms with Crippen LogP contribution in [0.1, 0.15) is 25.7 Å². The predicted octanol–water partition coefficient (Wildman–Crippen LogP) is 1.56. The minimum absolute atomic E-state index is 0.0417. The van der Waals surface area contributed by atoms with E-state index in [-0.39, 0.29) is 16.0 Å². The summed E-state index contributed by atoms with van der Waals surface area (Å²) in [4.78, 5) is 3.58. The van der Waals surface area contributed by atoms with Gasteiger partial charge in [0.1, 0.15) is 0 Å². The summed E-state index contributed by atoms with van der Waals surface area (Å²) in [5.74, 6) is 0. The number of allylic oxidation sites excluding steroid dienone is 1. The Labute approximate surface area is 112 Å². The van der Waals surface area contributed by atoms with E-state index >= 15 is 0 Å². The number of rotatable bonds is 3. The highest BCUT2D eigenvalue weighted by Gasteiger charge is 2.27. The number of hydrogen-bond acceptors (Lipinski definition) is 4. The van der Waals surface area contributed by atoms with Crippen molar-refractivity contribution < 1.29 is 13.6 Å². The van der Waals surface area contributed by atoms with Gasteiger partial charge < -0.3 is 5.21 Å². The zero-order valence-electron chi connectivity index (χ0n) is 9.97. The summed E-state index contributed by atoms with van der Waals surface area (Å²) in [6, 6.07) is 0.162. The van der Waals surface area contributed by atoms with Crippen LogP contribution >= 0.6 is 11.6 Å². The molecule has 18 heavy (non-hydrogen) atoms. The molecule has 5 nitrogen and oxygen atoms in total. The second-order valence-corrected chi connectivity index (χ2v) is 6.68. The number of likely N-dealkylation sites (tertiary alicyclic amines) is 1. The molecular weight excluding hydrogens is 276 g/mol. The third kappa shape index (κ3) is 2.95. The van der Waals surface area contributed by atoms with E-state index in [9.17, 15) is 8.42 Å². The van der Waals surface area contributed by atoms with E-state index < -0.39 is 10.0 Å². The smallest absolute Gasteiger partial charge is 0.263 e. The summed E-state index contributed by atoms with van der Waals surface area (Å²) in [5.41, 5.74) is 0. The Hall–Kier alpha value is -0.400. The molecule has 0 saturated carbocycles. The van der Waals surface area contributed by atoms with Crippen LogP contribution in [0.25, 0.3) is 0 Å². The van der Waals surface area contributed by atoms with Gasteiger partial charge in [0.15, 0.2) is 0 Å². The van der Waals surface area contributed by atoms with Crippen LogP contribution < -0.4 is 4.89 Å². The Bertz CT molecular complexity index is 467. The maximum atomic E-state index is 11.5. The van der Waals surface area contributed by atoms with Crippen molar-refractivity contribution >= 4 is 21.6 Å². The highest BCUT2D eigenvalue weighted by Crippen LogP contribution is 2.29. The van der Waals surface area contributed by atoms with E-state index in [1.807, 2.05) is 6.08 Å². The van der Waals surface area contributed by atoms with Gasteiger partial charge in [-0.3, -0.25) is 4.90 Å². The summed E-state index contributed by atoms with van der Waals surface area (Å²) in [6.07, 6.45) is 7.41. The van der Waals surface area contributed by atoms with Gasteiger partial charge in [-0.1, -0.05) is 29.0 Å². The van der Waals surface area contributed by atoms with Crippen LogP contribution in [-0.4, -0.2) is 37.7 Å². The SMILES string of the molecule is O=S(=O)(NO)C1=C(Cl)CC(N2CCCCC2)C=C1. The maximum Gasteiger partial charge on any atom is 0.263 e. The van der Waals surface area contributed by atoms with Crippen LogP contribution in [0.15, 0.2) is 22.1 Å². The average molecular weight is 293 g/mol. The fourth-order valence-electron chi connectivity index (χ4n) is 2.43. The molecule has 0 radical (unpaired) electrons. The highest BCUT2D eigenvalue weighted by atomic mass is 35.5. The zero-order chi connectivity index (χ0) is 13.2. The van der Waals surface area contributed by atoms with Crippen molar-refractivity contribution in [2.75, 3.05) is 13.1 Å². The van der Waals surface area contributed by atoms with Crippen LogP contribution in [-0.2, 0) is 10.0 Å². The minimum Gasteiger partial charge on any atom is -0.302 e. The molecule has 7 heteroatoms. The lowest BCUT2D eigenvalue weighted by Crippen LogP contribution is -2.39. The molecule has 1 aliphatic heterocycles. The fourth-order valence-corrected chi connectivity index (χ4v) is 3.68. The molecule has 0 spiro atoms. The van der Waals surface area contributed by atoms with Crippen LogP contribution in [0.5, 0.6) is 0 Å². The first-order valence-electron chi connectivity index (χ1n) is 6.01. The molecule has 0 aromatic heterocycles. The Morgan fingerprint density at radius 1 is 1.33 bits per heavy atom. The van der Waals surface area contributed by atoms with Gasteiger partial charge >= 0.3 is 0 Å². The van der Waals surface area contributed by atoms with Gasteiger partial charge in [0.25, 0.3) is 10.0 Å². The van der Waals surface area contributed by atoms with E-state index in [4.69, 9.17) is 16.8 Å². The average Bonchev–Trinajstić information content (AvgIpc) is 2.39. The zero-order valence-corrected chi connectivity index (χ0v) is 11.5. The molecule has 0 bridgehead atoms. The van der Waals surface area contributed by atoms with Gasteiger partial charge in [-0.25, -0.2) is 8.42 Å². The highest BCUT2D eigenvalue weighted by molar-refractivity contribution is 7.93. The van der Waals surface area contributed by atoms with E-state index in [0.29, 0.717) is 6.42 Å². The van der Waals surface area contributed by atoms with Gasteiger partial charge in [-0.2, -0.15) is 0 Å². The lowest BCUT2D eigenvalue weighted by atomic mass is 10.0. The van der Waals surface area contributed by atoms with Crippen LogP contribution in [0.3, 0.4) is 0 Å². The molecule has 0 amide bonds. The number of sulfonamides is 1. The van der Waals surface area contributed by atoms with Crippen LogP contribution in [0.4, 0.5) is 0 Å². The van der Waals surface area contributed by atoms with E-state index in [1.165, 1.54) is 30.2 Å². The van der Waals surface area contributed by atoms with Crippen molar-refractivity contribution in [2.24, 2.45) is 0 Å². The third-order valence-corrected chi connectivity index (χ3v) is 5.07. The van der Waals surface area contributed by atoms with Crippen molar-refractivity contribution in [2.45, 2.75) is 31.7 Å². The number of nitrogens with zero attached hydrogens (tertiary/aromatic N) is 1. The Balaban J connectivity index is 2.11. The summed E-state index contributed by atoms with van der Waals surface area (Å²) >= 11 is 6.03. The van der Waals surface area contributed by atoms with Crippen molar-refractivity contribution in [1.82, 2.24) is 9.79 Å². The van der Waals surface area contributed by atoms with E-state index in [2.05, 4.69) is 4.90 Å². The number of hydrogen-bond donors (Lipinski definition) is 2. The maximum absolute atomic E-state index is 11.5. The van der Waals surface area contributed by atoms with Gasteiger partial charge in [0.2, 0.25) is 0 Å². The minimum atomic E-state index is -3.88. The molecule has 1 saturated heterocycles. The standard InChI is InChI=1S/C11H17ClN2O3S/c12-10-8-9(14-6-2-1-3-7-14)4-5-11(10)18(16,17)13-15/h4-5,9,13,15H,1-3,6-8H2. The summed E-state index contributed by atoms with van der Waals surface area (Å²) < 4.78 is 23.0. The molecular formula is C11H17ClN2O3S. The number of halogens is 1. The second-order valence-electron chi connectivity index (χ2n) is 4.59. The lowest BCUT2D eigenvalue weighted by Gasteiger charge is -2.34. The topological polar surface area (TPSA) is 69.6 Å². The molecule has 1 unspecified atom stereocenters. The molecule has 1 heterocycles. The Morgan fingerprint density at radius 2 is 2.00 bits per heavy atom. The molecule has 2 aliphatic rings. The van der Waals surface area contributed by atoms with E-state index in [1.54, 1.807) is 0 Å². The number of nitrogens with one attached hydrogen (secondary N) is 1. The normalized spacial score (nSPS) is 26.7. The van der Waals surface area contributed by atoms with Gasteiger partial charge in [0, 0.05) is 17.5 Å². The van der Waals surface area contributed by atoms with Crippen molar-refractivity contribution in [3.8, 4) is 0 Å². The first kappa shape index (κ1) is 14.0. The monoisotopic (exact) mass is 292 g/mol. The predicted molar refractivity (Wildman–Crippen MR) is 69.7 cm³/mol. The van der Waals surface area contributed by atoms with Crippen molar-refractivity contribution in [3.05, 3.63) is 22.1 Å². The van der Waals surface area contributed by atoms with Gasteiger partial charge in [-0.05, 0) is 32.0 Å². The van der Waals surface area contributed by atoms with Gasteiger partial charge in [-0.15, -0.1) is 0 Å². The van der Waals surface area contributed by atoms with Crippen LogP contribution in [0, 0.1) is 0 Å². The van der Waals surface area contributed by atoms with Crippen molar-refractivity contribution in [1.29, 1.82) is 0 Å². The third-order valence-electron chi connectivity index (χ3n) is 3.39. The molecule has 2 N–H and O–H groups in total. The fraction of sp³-hybridized carbons (Fsp3) is 0.636. The molecule has 0 aromatic rings. The second kappa shape index (κ2) is 5.71. The Kier molecular flexibility index (Phi) is 4.45. The van der Waals surface area contributed by atoms with Crippen LogP contribution in [0.2, 0.25) is 0 Å². The molecule has 102 valence electrons. The summed E-state index contributed by atoms with van der Waals surface area (Å²) in [7, 11) is -3.88. The van der Waals surface area contributed by atoms with E-state index in [0.717, 1.165) is 13.1 Å². The first-order chi connectivity index (χ1) is 8.54. The molecule has 1 atom stereocenters. The Morgan fingerprint density at radius 3 is 2.56 bits per heavy atom. The first-order valence-corrected chi connectivity index (χ1v) is 7.87. The molecule has 1 fully saturated rings. The summed E-state index contributed by atoms with van der Waals surface area (Å²) in [6.45, 7) is 2.05. The summed E-state index contributed by atoms with van der Waals surface area (Å²) in [5, 5.41) is 8.88. The molecule has 1 aliphatic carbocycles. The quantitative estimate of drug-likeness (QED) is 0.775. The molecule has 2 rings (SSSR count).